The standard InChI is InChI=1S/C12H23N3O/c1-2-15(7-9-3-4-9)8-11(12(13)16)14-10-5-6-10/h9-11,14H,2-8H2,1H3,(H2,13,16). The second kappa shape index (κ2) is 5.15. The molecule has 2 saturated carbocycles. The van der Waals surface area contributed by atoms with Crippen molar-refractivity contribution < 1.29 is 4.79 Å². The van der Waals surface area contributed by atoms with E-state index in [4.69, 9.17) is 5.73 Å². The summed E-state index contributed by atoms with van der Waals surface area (Å²) in [4.78, 5) is 13.7. The molecule has 0 aliphatic heterocycles. The molecule has 16 heavy (non-hydrogen) atoms. The van der Waals surface area contributed by atoms with Gasteiger partial charge in [0, 0.05) is 19.1 Å². The Morgan fingerprint density at radius 1 is 1.44 bits per heavy atom. The summed E-state index contributed by atoms with van der Waals surface area (Å²) in [6.45, 7) is 5.07. The highest BCUT2D eigenvalue weighted by atomic mass is 16.1. The van der Waals surface area contributed by atoms with Gasteiger partial charge in [0.05, 0.1) is 6.04 Å². The number of carbonyl (C=O) groups is 1. The van der Waals surface area contributed by atoms with Gasteiger partial charge >= 0.3 is 0 Å². The fourth-order valence-electron chi connectivity index (χ4n) is 2.02. The SMILES string of the molecule is CCN(CC1CC1)CC(NC1CC1)C(N)=O. The van der Waals surface area contributed by atoms with E-state index in [1.54, 1.807) is 0 Å². The Labute approximate surface area is 97.6 Å². The van der Waals surface area contributed by atoms with Crippen LogP contribution in [0.5, 0.6) is 0 Å². The third kappa shape index (κ3) is 3.76. The van der Waals surface area contributed by atoms with Crippen LogP contribution in [0.3, 0.4) is 0 Å². The number of likely N-dealkylation sites (N-methyl/N-ethyl adjacent to an activating group) is 1. The van der Waals surface area contributed by atoms with Gasteiger partial charge in [0.15, 0.2) is 0 Å². The summed E-state index contributed by atoms with van der Waals surface area (Å²) < 4.78 is 0. The Hall–Kier alpha value is -0.610. The van der Waals surface area contributed by atoms with Gasteiger partial charge in [0.2, 0.25) is 5.91 Å². The number of nitrogens with one attached hydrogen (secondary N) is 1. The molecular weight excluding hydrogens is 202 g/mol. The van der Waals surface area contributed by atoms with E-state index in [1.807, 2.05) is 0 Å². The van der Waals surface area contributed by atoms with Gasteiger partial charge in [-0.25, -0.2) is 0 Å². The number of primary amides is 1. The van der Waals surface area contributed by atoms with E-state index in [-0.39, 0.29) is 11.9 Å². The molecule has 2 aliphatic rings. The van der Waals surface area contributed by atoms with Crippen molar-refractivity contribution in [1.29, 1.82) is 0 Å². The summed E-state index contributed by atoms with van der Waals surface area (Å²) in [6.07, 6.45) is 5.10. The van der Waals surface area contributed by atoms with Gasteiger partial charge in [-0.2, -0.15) is 0 Å². The molecule has 0 saturated heterocycles. The molecule has 92 valence electrons. The molecule has 0 aromatic carbocycles. The smallest absolute Gasteiger partial charge is 0.235 e. The monoisotopic (exact) mass is 225 g/mol. The minimum absolute atomic E-state index is 0.161. The first kappa shape index (κ1) is 11.9. The summed E-state index contributed by atoms with van der Waals surface area (Å²) in [6, 6.07) is 0.378. The predicted octanol–water partition coefficient (Wildman–Crippen LogP) is 0.324. The Kier molecular flexibility index (Phi) is 3.82. The molecule has 2 fully saturated rings. The molecular formula is C12H23N3O. The second-order valence-corrected chi connectivity index (χ2v) is 5.19. The average molecular weight is 225 g/mol. The van der Waals surface area contributed by atoms with Crippen molar-refractivity contribution in [2.45, 2.75) is 44.7 Å². The van der Waals surface area contributed by atoms with Gasteiger partial charge in [-0.1, -0.05) is 6.92 Å². The first-order chi connectivity index (χ1) is 7.69. The third-order valence-electron chi connectivity index (χ3n) is 3.46. The van der Waals surface area contributed by atoms with E-state index in [0.717, 1.165) is 25.6 Å². The van der Waals surface area contributed by atoms with Crippen LogP contribution in [0.25, 0.3) is 0 Å². The van der Waals surface area contributed by atoms with Crippen molar-refractivity contribution in [3.63, 3.8) is 0 Å². The molecule has 0 heterocycles. The predicted molar refractivity (Wildman–Crippen MR) is 64.0 cm³/mol. The molecule has 1 atom stereocenters. The lowest BCUT2D eigenvalue weighted by molar-refractivity contribution is -0.120. The summed E-state index contributed by atoms with van der Waals surface area (Å²) in [7, 11) is 0. The molecule has 0 spiro atoms. The van der Waals surface area contributed by atoms with Gasteiger partial charge in [0.25, 0.3) is 0 Å². The van der Waals surface area contributed by atoms with Crippen molar-refractivity contribution in [2.75, 3.05) is 19.6 Å². The number of nitrogens with two attached hydrogens (primary N) is 1. The van der Waals surface area contributed by atoms with Crippen LogP contribution < -0.4 is 11.1 Å². The Morgan fingerprint density at radius 3 is 2.56 bits per heavy atom. The minimum atomic E-state index is -0.207. The maximum Gasteiger partial charge on any atom is 0.235 e. The topological polar surface area (TPSA) is 58.4 Å². The Morgan fingerprint density at radius 2 is 2.12 bits per heavy atom. The van der Waals surface area contributed by atoms with E-state index >= 15 is 0 Å². The van der Waals surface area contributed by atoms with E-state index in [0.29, 0.717) is 6.04 Å². The van der Waals surface area contributed by atoms with Crippen LogP contribution >= 0.6 is 0 Å². The largest absolute Gasteiger partial charge is 0.368 e. The van der Waals surface area contributed by atoms with Crippen molar-refractivity contribution in [2.24, 2.45) is 11.7 Å². The molecule has 0 aromatic rings. The van der Waals surface area contributed by atoms with E-state index in [1.165, 1.54) is 25.7 Å². The average Bonchev–Trinajstić information content (AvgIpc) is 3.10. The maximum absolute atomic E-state index is 11.3. The van der Waals surface area contributed by atoms with Crippen molar-refractivity contribution in [3.8, 4) is 0 Å². The van der Waals surface area contributed by atoms with Crippen molar-refractivity contribution in [1.82, 2.24) is 10.2 Å². The van der Waals surface area contributed by atoms with Crippen LogP contribution in [0.4, 0.5) is 0 Å². The number of hydrogen-bond acceptors (Lipinski definition) is 3. The number of carbonyl (C=O) groups excluding carboxylic acids is 1. The molecule has 0 radical (unpaired) electrons. The molecule has 0 aromatic heterocycles. The third-order valence-corrected chi connectivity index (χ3v) is 3.46. The maximum atomic E-state index is 11.3. The normalized spacial score (nSPS) is 22.4. The van der Waals surface area contributed by atoms with Crippen molar-refractivity contribution in [3.05, 3.63) is 0 Å². The molecule has 2 aliphatic carbocycles. The van der Waals surface area contributed by atoms with Crippen LogP contribution in [0.2, 0.25) is 0 Å². The molecule has 4 heteroatoms. The highest BCUT2D eigenvalue weighted by molar-refractivity contribution is 5.80. The number of rotatable bonds is 8. The molecule has 4 nitrogen and oxygen atoms in total. The molecule has 0 bridgehead atoms. The fraction of sp³-hybridized carbons (Fsp3) is 0.917. The van der Waals surface area contributed by atoms with Crippen LogP contribution in [0, 0.1) is 5.92 Å². The first-order valence-corrected chi connectivity index (χ1v) is 6.46. The fourth-order valence-corrected chi connectivity index (χ4v) is 2.02. The highest BCUT2D eigenvalue weighted by Gasteiger charge is 2.30. The van der Waals surface area contributed by atoms with Gasteiger partial charge in [-0.15, -0.1) is 0 Å². The zero-order valence-corrected chi connectivity index (χ0v) is 10.1. The minimum Gasteiger partial charge on any atom is -0.368 e. The Bertz CT molecular complexity index is 249. The van der Waals surface area contributed by atoms with Crippen LogP contribution in [-0.4, -0.2) is 42.5 Å². The Balaban J connectivity index is 1.78. The quantitative estimate of drug-likeness (QED) is 0.625. The number of nitrogens with zero attached hydrogens (tertiary/aromatic N) is 1. The lowest BCUT2D eigenvalue weighted by Gasteiger charge is -2.25. The van der Waals surface area contributed by atoms with E-state index in [9.17, 15) is 4.79 Å². The summed E-state index contributed by atoms with van der Waals surface area (Å²) in [5, 5.41) is 3.33. The van der Waals surface area contributed by atoms with Crippen molar-refractivity contribution >= 4 is 5.91 Å². The van der Waals surface area contributed by atoms with E-state index < -0.39 is 0 Å². The molecule has 3 N–H and O–H groups in total. The lowest BCUT2D eigenvalue weighted by Crippen LogP contribution is -2.50. The summed E-state index contributed by atoms with van der Waals surface area (Å²) >= 11 is 0. The zero-order valence-electron chi connectivity index (χ0n) is 10.1. The summed E-state index contributed by atoms with van der Waals surface area (Å²) in [5.74, 6) is 0.663. The van der Waals surface area contributed by atoms with Gasteiger partial charge < -0.3 is 16.0 Å². The first-order valence-electron chi connectivity index (χ1n) is 6.46. The van der Waals surface area contributed by atoms with Gasteiger partial charge in [-0.3, -0.25) is 4.79 Å². The molecule has 2 rings (SSSR count). The lowest BCUT2D eigenvalue weighted by atomic mass is 10.2. The van der Waals surface area contributed by atoms with Crippen LogP contribution in [-0.2, 0) is 4.79 Å². The van der Waals surface area contributed by atoms with Gasteiger partial charge in [-0.05, 0) is 38.1 Å². The van der Waals surface area contributed by atoms with E-state index in [2.05, 4.69) is 17.1 Å². The molecule has 1 unspecified atom stereocenters. The number of amides is 1. The summed E-state index contributed by atoms with van der Waals surface area (Å²) in [5.41, 5.74) is 5.43. The van der Waals surface area contributed by atoms with Gasteiger partial charge in [0.1, 0.15) is 0 Å². The van der Waals surface area contributed by atoms with Crippen LogP contribution in [0.1, 0.15) is 32.6 Å². The highest BCUT2D eigenvalue weighted by Crippen LogP contribution is 2.29. The molecule has 1 amide bonds. The zero-order chi connectivity index (χ0) is 11.5. The number of hydrogen-bond donors (Lipinski definition) is 2. The van der Waals surface area contributed by atoms with Crippen LogP contribution in [0.15, 0.2) is 0 Å². The second-order valence-electron chi connectivity index (χ2n) is 5.19.